The number of halogens is 2. The number of rotatable bonds is 2. The van der Waals surface area contributed by atoms with Crippen molar-refractivity contribution in [2.75, 3.05) is 26.7 Å². The second-order valence-electron chi connectivity index (χ2n) is 3.60. The van der Waals surface area contributed by atoms with Crippen molar-refractivity contribution in [1.29, 1.82) is 0 Å². The second kappa shape index (κ2) is 6.45. The topological polar surface area (TPSA) is 33.3 Å². The Bertz CT molecular complexity index is 343. The van der Waals surface area contributed by atoms with Gasteiger partial charge in [0.05, 0.1) is 7.11 Å². The molecule has 0 spiro atoms. The zero-order valence-corrected chi connectivity index (χ0v) is 11.5. The van der Waals surface area contributed by atoms with E-state index in [4.69, 9.17) is 4.74 Å². The second-order valence-corrected chi connectivity index (χ2v) is 4.51. The van der Waals surface area contributed by atoms with Crippen molar-refractivity contribution < 1.29 is 4.74 Å². The lowest BCUT2D eigenvalue weighted by Crippen LogP contribution is -2.42. The molecule has 3 nitrogen and oxygen atoms in total. The summed E-state index contributed by atoms with van der Waals surface area (Å²) in [5, 5.41) is 6.84. The van der Waals surface area contributed by atoms with Crippen LogP contribution in [-0.2, 0) is 0 Å². The van der Waals surface area contributed by atoms with Gasteiger partial charge in [-0.25, -0.2) is 0 Å². The summed E-state index contributed by atoms with van der Waals surface area (Å²) in [7, 11) is 1.71. The summed E-state index contributed by atoms with van der Waals surface area (Å²) in [4.78, 5) is 0. The molecule has 0 saturated carbocycles. The summed E-state index contributed by atoms with van der Waals surface area (Å²) in [6, 6.07) is 6.45. The van der Waals surface area contributed by atoms with E-state index in [0.717, 1.165) is 29.9 Å². The molecule has 0 aliphatic carbocycles. The molecule has 1 aromatic carbocycles. The van der Waals surface area contributed by atoms with Crippen LogP contribution in [0.25, 0.3) is 0 Å². The Kier molecular flexibility index (Phi) is 5.55. The molecule has 0 amide bonds. The first-order valence-corrected chi connectivity index (χ1v) is 5.88. The summed E-state index contributed by atoms with van der Waals surface area (Å²) in [5.74, 6) is 0.944. The number of benzene rings is 1. The fourth-order valence-electron chi connectivity index (χ4n) is 1.85. The molecule has 16 heavy (non-hydrogen) atoms. The zero-order valence-electron chi connectivity index (χ0n) is 9.13. The predicted molar refractivity (Wildman–Crippen MR) is 71.6 cm³/mol. The van der Waals surface area contributed by atoms with Crippen molar-refractivity contribution in [2.45, 2.75) is 6.04 Å². The van der Waals surface area contributed by atoms with E-state index >= 15 is 0 Å². The number of hydrogen-bond acceptors (Lipinski definition) is 3. The van der Waals surface area contributed by atoms with Crippen LogP contribution in [0.5, 0.6) is 5.75 Å². The van der Waals surface area contributed by atoms with Crippen molar-refractivity contribution >= 4 is 28.3 Å². The SMILES string of the molecule is COc1ccc(Br)cc1[C@@H]1CNCCN1.Cl. The molecule has 1 aromatic rings. The average Bonchev–Trinajstić information content (AvgIpc) is 2.30. The molecule has 1 saturated heterocycles. The van der Waals surface area contributed by atoms with Crippen LogP contribution in [0.1, 0.15) is 11.6 Å². The lowest BCUT2D eigenvalue weighted by Gasteiger charge is -2.26. The highest BCUT2D eigenvalue weighted by molar-refractivity contribution is 9.10. The van der Waals surface area contributed by atoms with Gasteiger partial charge in [-0.3, -0.25) is 0 Å². The molecule has 0 aromatic heterocycles. The molecule has 1 aliphatic heterocycles. The number of piperazine rings is 1. The summed E-state index contributed by atoms with van der Waals surface area (Å²) >= 11 is 3.49. The van der Waals surface area contributed by atoms with Crippen LogP contribution in [0.3, 0.4) is 0 Å². The first-order chi connectivity index (χ1) is 7.31. The van der Waals surface area contributed by atoms with E-state index in [0.29, 0.717) is 6.04 Å². The van der Waals surface area contributed by atoms with E-state index in [1.165, 1.54) is 5.56 Å². The van der Waals surface area contributed by atoms with Gasteiger partial charge in [0.1, 0.15) is 5.75 Å². The molecular formula is C11H16BrClN2O. The van der Waals surface area contributed by atoms with E-state index in [1.807, 2.05) is 12.1 Å². The smallest absolute Gasteiger partial charge is 0.123 e. The van der Waals surface area contributed by atoms with Gasteiger partial charge in [-0.15, -0.1) is 12.4 Å². The minimum Gasteiger partial charge on any atom is -0.496 e. The molecular weight excluding hydrogens is 291 g/mol. The van der Waals surface area contributed by atoms with Crippen molar-refractivity contribution in [3.05, 3.63) is 28.2 Å². The standard InChI is InChI=1S/C11H15BrN2O.ClH/c1-15-11-3-2-8(12)6-9(11)10-7-13-4-5-14-10;/h2-3,6,10,13-14H,4-5,7H2,1H3;1H/t10-;/m0./s1. The zero-order chi connectivity index (χ0) is 10.7. The van der Waals surface area contributed by atoms with E-state index in [1.54, 1.807) is 7.11 Å². The highest BCUT2D eigenvalue weighted by atomic mass is 79.9. The van der Waals surface area contributed by atoms with Gasteiger partial charge in [0.2, 0.25) is 0 Å². The van der Waals surface area contributed by atoms with Crippen LogP contribution in [0.15, 0.2) is 22.7 Å². The molecule has 1 aliphatic rings. The van der Waals surface area contributed by atoms with Crippen molar-refractivity contribution in [2.24, 2.45) is 0 Å². The molecule has 0 unspecified atom stereocenters. The maximum absolute atomic E-state index is 5.36. The molecule has 1 fully saturated rings. The molecule has 1 atom stereocenters. The number of nitrogens with one attached hydrogen (secondary N) is 2. The lowest BCUT2D eigenvalue weighted by atomic mass is 10.0. The number of methoxy groups -OCH3 is 1. The van der Waals surface area contributed by atoms with E-state index in [-0.39, 0.29) is 12.4 Å². The highest BCUT2D eigenvalue weighted by Crippen LogP contribution is 2.28. The van der Waals surface area contributed by atoms with Crippen LogP contribution < -0.4 is 15.4 Å². The average molecular weight is 308 g/mol. The van der Waals surface area contributed by atoms with Crippen LogP contribution in [0.2, 0.25) is 0 Å². The summed E-state index contributed by atoms with van der Waals surface area (Å²) in [6.07, 6.45) is 0. The molecule has 1 heterocycles. The van der Waals surface area contributed by atoms with Crippen LogP contribution >= 0.6 is 28.3 Å². The Labute approximate surface area is 110 Å². The van der Waals surface area contributed by atoms with Crippen molar-refractivity contribution in [3.8, 4) is 5.75 Å². The molecule has 90 valence electrons. The molecule has 2 N–H and O–H groups in total. The van der Waals surface area contributed by atoms with Crippen LogP contribution in [0, 0.1) is 0 Å². The van der Waals surface area contributed by atoms with Gasteiger partial charge in [0, 0.05) is 35.7 Å². The third kappa shape index (κ3) is 3.10. The fraction of sp³-hybridized carbons (Fsp3) is 0.455. The first-order valence-electron chi connectivity index (χ1n) is 5.09. The largest absolute Gasteiger partial charge is 0.496 e. The molecule has 5 heteroatoms. The third-order valence-corrected chi connectivity index (χ3v) is 3.10. The summed E-state index contributed by atoms with van der Waals surface area (Å²) < 4.78 is 6.45. The van der Waals surface area contributed by atoms with Crippen LogP contribution in [0.4, 0.5) is 0 Å². The first kappa shape index (κ1) is 13.8. The Morgan fingerprint density at radius 2 is 2.19 bits per heavy atom. The third-order valence-electron chi connectivity index (χ3n) is 2.61. The molecule has 0 bridgehead atoms. The van der Waals surface area contributed by atoms with E-state index < -0.39 is 0 Å². The monoisotopic (exact) mass is 306 g/mol. The quantitative estimate of drug-likeness (QED) is 0.878. The van der Waals surface area contributed by atoms with E-state index in [9.17, 15) is 0 Å². The minimum atomic E-state index is 0. The van der Waals surface area contributed by atoms with Gasteiger partial charge in [-0.2, -0.15) is 0 Å². The van der Waals surface area contributed by atoms with Gasteiger partial charge in [0.15, 0.2) is 0 Å². The Balaban J connectivity index is 0.00000128. The maximum Gasteiger partial charge on any atom is 0.123 e. The normalized spacial score (nSPS) is 20.0. The Morgan fingerprint density at radius 1 is 1.38 bits per heavy atom. The Morgan fingerprint density at radius 3 is 2.81 bits per heavy atom. The minimum absolute atomic E-state index is 0. The lowest BCUT2D eigenvalue weighted by molar-refractivity contribution is 0.381. The molecule has 2 rings (SSSR count). The van der Waals surface area contributed by atoms with E-state index in [2.05, 4.69) is 32.6 Å². The number of ether oxygens (including phenoxy) is 1. The van der Waals surface area contributed by atoms with Gasteiger partial charge in [0.25, 0.3) is 0 Å². The van der Waals surface area contributed by atoms with Crippen molar-refractivity contribution in [3.63, 3.8) is 0 Å². The maximum atomic E-state index is 5.36. The fourth-order valence-corrected chi connectivity index (χ4v) is 2.23. The van der Waals surface area contributed by atoms with Crippen LogP contribution in [-0.4, -0.2) is 26.7 Å². The van der Waals surface area contributed by atoms with Gasteiger partial charge >= 0.3 is 0 Å². The predicted octanol–water partition coefficient (Wildman–Crippen LogP) is 2.11. The van der Waals surface area contributed by atoms with Gasteiger partial charge in [-0.1, -0.05) is 15.9 Å². The number of hydrogen-bond donors (Lipinski definition) is 2. The summed E-state index contributed by atoms with van der Waals surface area (Å²) in [5.41, 5.74) is 1.21. The van der Waals surface area contributed by atoms with Gasteiger partial charge < -0.3 is 15.4 Å². The summed E-state index contributed by atoms with van der Waals surface area (Å²) in [6.45, 7) is 2.99. The van der Waals surface area contributed by atoms with Gasteiger partial charge in [-0.05, 0) is 18.2 Å². The van der Waals surface area contributed by atoms with Crippen molar-refractivity contribution in [1.82, 2.24) is 10.6 Å². The highest BCUT2D eigenvalue weighted by Gasteiger charge is 2.18. The Hall–Kier alpha value is -0.290. The molecule has 0 radical (unpaired) electrons.